The predicted octanol–water partition coefficient (Wildman–Crippen LogP) is 4.04. The third-order valence-electron chi connectivity index (χ3n) is 2.61. The van der Waals surface area contributed by atoms with Gasteiger partial charge in [-0.1, -0.05) is 13.8 Å². The molecule has 0 saturated carbocycles. The highest BCUT2D eigenvalue weighted by Gasteiger charge is 2.38. The first-order valence-electron chi connectivity index (χ1n) is 6.67. The van der Waals surface area contributed by atoms with E-state index < -0.39 is 17.1 Å². The van der Waals surface area contributed by atoms with Gasteiger partial charge in [0.05, 0.1) is 0 Å². The summed E-state index contributed by atoms with van der Waals surface area (Å²) >= 11 is 0. The van der Waals surface area contributed by atoms with Crippen molar-refractivity contribution in [3.05, 3.63) is 0 Å². The Balaban J connectivity index is 4.36. The molecule has 0 radical (unpaired) electrons. The standard InChI is InChI=1S/C12H30O3Si2/c1-9-11(3)13-16(5,6)15-17(7,8)14-12(4)10-2/h11-12H,9-10H2,1-8H3. The minimum atomic E-state index is -2.07. The molecule has 5 heteroatoms. The summed E-state index contributed by atoms with van der Waals surface area (Å²) in [6.45, 7) is 16.9. The average molecular weight is 279 g/mol. The minimum absolute atomic E-state index is 0.269. The highest BCUT2D eigenvalue weighted by Crippen LogP contribution is 2.20. The van der Waals surface area contributed by atoms with E-state index in [0.29, 0.717) is 0 Å². The van der Waals surface area contributed by atoms with E-state index in [1.54, 1.807) is 0 Å². The van der Waals surface area contributed by atoms with E-state index in [-0.39, 0.29) is 12.2 Å². The van der Waals surface area contributed by atoms with E-state index in [1.165, 1.54) is 0 Å². The van der Waals surface area contributed by atoms with E-state index in [2.05, 4.69) is 53.9 Å². The van der Waals surface area contributed by atoms with Crippen LogP contribution in [0.1, 0.15) is 40.5 Å². The molecule has 0 rings (SSSR count). The lowest BCUT2D eigenvalue weighted by Gasteiger charge is -2.35. The summed E-state index contributed by atoms with van der Waals surface area (Å²) in [5.74, 6) is 0. The minimum Gasteiger partial charge on any atom is -0.415 e. The number of hydrogen-bond acceptors (Lipinski definition) is 3. The average Bonchev–Trinajstić information content (AvgIpc) is 2.13. The van der Waals surface area contributed by atoms with Gasteiger partial charge in [0, 0.05) is 12.2 Å². The quantitative estimate of drug-likeness (QED) is 0.627. The van der Waals surface area contributed by atoms with E-state index >= 15 is 0 Å². The van der Waals surface area contributed by atoms with Gasteiger partial charge in [-0.05, 0) is 52.9 Å². The Hall–Kier alpha value is 0.314. The molecule has 2 unspecified atom stereocenters. The van der Waals surface area contributed by atoms with Crippen LogP contribution in [0.25, 0.3) is 0 Å². The number of hydrogen-bond donors (Lipinski definition) is 0. The maximum Gasteiger partial charge on any atom is 0.323 e. The molecule has 0 aliphatic carbocycles. The van der Waals surface area contributed by atoms with Crippen molar-refractivity contribution >= 4 is 17.1 Å². The maximum absolute atomic E-state index is 6.20. The summed E-state index contributed by atoms with van der Waals surface area (Å²) in [6, 6.07) is 0. The van der Waals surface area contributed by atoms with Crippen molar-refractivity contribution in [2.75, 3.05) is 0 Å². The third kappa shape index (κ3) is 8.10. The summed E-state index contributed by atoms with van der Waals surface area (Å²) in [5, 5.41) is 0. The topological polar surface area (TPSA) is 27.7 Å². The summed E-state index contributed by atoms with van der Waals surface area (Å²) in [5.41, 5.74) is 0. The van der Waals surface area contributed by atoms with Crippen molar-refractivity contribution in [2.45, 2.75) is 78.9 Å². The molecule has 0 bridgehead atoms. The fraction of sp³-hybridized carbons (Fsp3) is 1.00. The zero-order chi connectivity index (χ0) is 13.7. The lowest BCUT2D eigenvalue weighted by atomic mass is 10.3. The van der Waals surface area contributed by atoms with Crippen LogP contribution in [0, 0.1) is 0 Å². The van der Waals surface area contributed by atoms with Crippen LogP contribution >= 0.6 is 0 Å². The summed E-state index contributed by atoms with van der Waals surface area (Å²) < 4.78 is 18.2. The van der Waals surface area contributed by atoms with Crippen LogP contribution in [0.4, 0.5) is 0 Å². The van der Waals surface area contributed by atoms with Crippen LogP contribution < -0.4 is 0 Å². The molecule has 0 aromatic rings. The first kappa shape index (κ1) is 17.3. The van der Waals surface area contributed by atoms with Crippen molar-refractivity contribution in [3.63, 3.8) is 0 Å². The van der Waals surface area contributed by atoms with Crippen LogP contribution in [0.3, 0.4) is 0 Å². The van der Waals surface area contributed by atoms with Crippen molar-refractivity contribution in [2.24, 2.45) is 0 Å². The molecule has 0 aromatic heterocycles. The molecule has 104 valence electrons. The molecule has 0 aromatic carbocycles. The molecule has 0 N–H and O–H groups in total. The van der Waals surface area contributed by atoms with Crippen molar-refractivity contribution in [1.29, 1.82) is 0 Å². The molecule has 0 spiro atoms. The van der Waals surface area contributed by atoms with Crippen LogP contribution in [-0.4, -0.2) is 29.3 Å². The first-order chi connectivity index (χ1) is 7.62. The van der Waals surface area contributed by atoms with Gasteiger partial charge in [-0.25, -0.2) is 0 Å². The Kier molecular flexibility index (Phi) is 7.17. The molecule has 2 atom stereocenters. The smallest absolute Gasteiger partial charge is 0.323 e. The van der Waals surface area contributed by atoms with Gasteiger partial charge in [0.1, 0.15) is 0 Å². The second-order valence-corrected chi connectivity index (χ2v) is 12.5. The second kappa shape index (κ2) is 7.04. The molecule has 0 aliphatic heterocycles. The lowest BCUT2D eigenvalue weighted by Crippen LogP contribution is -2.50. The van der Waals surface area contributed by atoms with Crippen LogP contribution in [0.15, 0.2) is 0 Å². The molecular formula is C12H30O3Si2. The molecule has 0 heterocycles. The van der Waals surface area contributed by atoms with E-state index in [0.717, 1.165) is 12.8 Å². The summed E-state index contributed by atoms with van der Waals surface area (Å²) in [7, 11) is -4.13. The fourth-order valence-corrected chi connectivity index (χ4v) is 9.17. The van der Waals surface area contributed by atoms with Crippen molar-refractivity contribution in [1.82, 2.24) is 0 Å². The van der Waals surface area contributed by atoms with Gasteiger partial charge in [0.15, 0.2) is 0 Å². The normalized spacial score (nSPS) is 16.9. The van der Waals surface area contributed by atoms with Gasteiger partial charge >= 0.3 is 17.1 Å². The Labute approximate surface area is 109 Å². The molecular weight excluding hydrogens is 248 g/mol. The molecule has 0 fully saturated rings. The maximum atomic E-state index is 6.20. The molecule has 0 aliphatic rings. The SMILES string of the molecule is CCC(C)O[Si](C)(C)O[Si](C)(C)OC(C)CC. The summed E-state index contributed by atoms with van der Waals surface area (Å²) in [4.78, 5) is 0. The number of rotatable bonds is 8. The van der Waals surface area contributed by atoms with E-state index in [1.807, 2.05) is 0 Å². The molecule has 3 nitrogen and oxygen atoms in total. The molecule has 17 heavy (non-hydrogen) atoms. The third-order valence-corrected chi connectivity index (χ3v) is 8.48. The Morgan fingerprint density at radius 1 is 0.765 bits per heavy atom. The zero-order valence-electron chi connectivity index (χ0n) is 12.8. The molecule has 0 amide bonds. The predicted molar refractivity (Wildman–Crippen MR) is 77.7 cm³/mol. The van der Waals surface area contributed by atoms with Crippen LogP contribution in [-0.2, 0) is 13.0 Å². The monoisotopic (exact) mass is 278 g/mol. The van der Waals surface area contributed by atoms with Crippen LogP contribution in [0.5, 0.6) is 0 Å². The Bertz CT molecular complexity index is 198. The van der Waals surface area contributed by atoms with E-state index in [4.69, 9.17) is 13.0 Å². The summed E-state index contributed by atoms with van der Waals surface area (Å²) in [6.07, 6.45) is 2.58. The van der Waals surface area contributed by atoms with Crippen LogP contribution in [0.2, 0.25) is 26.2 Å². The van der Waals surface area contributed by atoms with Gasteiger partial charge in [0.2, 0.25) is 0 Å². The second-order valence-electron chi connectivity index (χ2n) is 5.58. The fourth-order valence-electron chi connectivity index (χ4n) is 1.78. The largest absolute Gasteiger partial charge is 0.415 e. The van der Waals surface area contributed by atoms with E-state index in [9.17, 15) is 0 Å². The van der Waals surface area contributed by atoms with Crippen molar-refractivity contribution < 1.29 is 13.0 Å². The van der Waals surface area contributed by atoms with Gasteiger partial charge in [-0.3, -0.25) is 0 Å². The van der Waals surface area contributed by atoms with Gasteiger partial charge in [0.25, 0.3) is 0 Å². The van der Waals surface area contributed by atoms with Gasteiger partial charge in [-0.15, -0.1) is 0 Å². The zero-order valence-corrected chi connectivity index (χ0v) is 14.8. The lowest BCUT2D eigenvalue weighted by molar-refractivity contribution is 0.128. The van der Waals surface area contributed by atoms with Crippen molar-refractivity contribution in [3.8, 4) is 0 Å². The van der Waals surface area contributed by atoms with Gasteiger partial charge < -0.3 is 13.0 Å². The molecule has 0 saturated heterocycles. The Morgan fingerprint density at radius 2 is 1.06 bits per heavy atom. The highest BCUT2D eigenvalue weighted by molar-refractivity contribution is 6.78. The highest BCUT2D eigenvalue weighted by atomic mass is 28.5. The first-order valence-corrected chi connectivity index (χ1v) is 12.3. The Morgan fingerprint density at radius 3 is 1.29 bits per heavy atom. The van der Waals surface area contributed by atoms with Gasteiger partial charge in [-0.2, -0.15) is 0 Å².